The molecule has 0 radical (unpaired) electrons. The fourth-order valence-electron chi connectivity index (χ4n) is 1.19. The molecule has 0 aromatic carbocycles. The van der Waals surface area contributed by atoms with Crippen molar-refractivity contribution in [2.75, 3.05) is 0 Å². The zero-order chi connectivity index (χ0) is 11.3. The Balaban J connectivity index is 2.52. The molecule has 0 amide bonds. The summed E-state index contributed by atoms with van der Waals surface area (Å²) in [6.45, 7) is 2.70. The molecule has 0 saturated carbocycles. The van der Waals surface area contributed by atoms with Crippen LogP contribution in [-0.2, 0) is 6.54 Å². The molecule has 6 heteroatoms. The Morgan fingerprint density at radius 1 is 1.80 bits per heavy atom. The van der Waals surface area contributed by atoms with E-state index in [9.17, 15) is 0 Å². The molecule has 1 heterocycles. The average Bonchev–Trinajstić information content (AvgIpc) is 2.65. The lowest BCUT2D eigenvalue weighted by Gasteiger charge is -2.14. The van der Waals surface area contributed by atoms with Crippen LogP contribution in [0.2, 0.25) is 0 Å². The van der Waals surface area contributed by atoms with Crippen molar-refractivity contribution >= 4 is 33.1 Å². The molecule has 1 aromatic heterocycles. The van der Waals surface area contributed by atoms with Crippen LogP contribution in [0.3, 0.4) is 0 Å². The molecule has 0 bridgehead atoms. The quantitative estimate of drug-likeness (QED) is 0.337. The number of oxime groups is 1. The number of nitrogens with two attached hydrogens (primary N) is 1. The van der Waals surface area contributed by atoms with Crippen LogP contribution in [0.4, 0.5) is 0 Å². The topological polar surface area (TPSA) is 70.6 Å². The number of thiophene rings is 1. The molecule has 0 aliphatic carbocycles. The van der Waals surface area contributed by atoms with Gasteiger partial charge in [0, 0.05) is 15.9 Å². The largest absolute Gasteiger partial charge is 0.409 e. The summed E-state index contributed by atoms with van der Waals surface area (Å²) in [6.07, 6.45) is 0.791. The van der Waals surface area contributed by atoms with E-state index in [1.165, 1.54) is 4.88 Å². The third-order valence-corrected chi connectivity index (χ3v) is 4.01. The number of nitrogens with zero attached hydrogens (tertiary/aromatic N) is 1. The summed E-state index contributed by atoms with van der Waals surface area (Å²) in [7, 11) is 0. The molecule has 1 rings (SSSR count). The van der Waals surface area contributed by atoms with Crippen LogP contribution in [0.25, 0.3) is 0 Å². The Bertz CT molecular complexity index is 340. The van der Waals surface area contributed by atoms with Crippen molar-refractivity contribution in [2.45, 2.75) is 25.9 Å². The first-order valence-corrected chi connectivity index (χ1v) is 6.29. The lowest BCUT2D eigenvalue weighted by Crippen LogP contribution is -2.40. The molecular formula is C9H14BrN3OS. The summed E-state index contributed by atoms with van der Waals surface area (Å²) in [6, 6.07) is 1.93. The molecule has 0 aliphatic rings. The summed E-state index contributed by atoms with van der Waals surface area (Å²) < 4.78 is 1.09. The van der Waals surface area contributed by atoms with Crippen LogP contribution in [-0.4, -0.2) is 17.1 Å². The summed E-state index contributed by atoms with van der Waals surface area (Å²) >= 11 is 5.12. The van der Waals surface area contributed by atoms with E-state index in [2.05, 4.69) is 26.4 Å². The van der Waals surface area contributed by atoms with Crippen LogP contribution in [0.1, 0.15) is 18.2 Å². The summed E-state index contributed by atoms with van der Waals surface area (Å²) in [5.74, 6) is 0.227. The Morgan fingerprint density at radius 2 is 2.53 bits per heavy atom. The van der Waals surface area contributed by atoms with E-state index in [-0.39, 0.29) is 11.9 Å². The van der Waals surface area contributed by atoms with E-state index < -0.39 is 0 Å². The van der Waals surface area contributed by atoms with Gasteiger partial charge in [-0.3, -0.25) is 0 Å². The third-order valence-electron chi connectivity index (χ3n) is 2.08. The minimum absolute atomic E-state index is 0.0796. The Kier molecular flexibility index (Phi) is 5.07. The van der Waals surface area contributed by atoms with Gasteiger partial charge in [-0.1, -0.05) is 12.1 Å². The van der Waals surface area contributed by atoms with Gasteiger partial charge in [0.15, 0.2) is 5.84 Å². The van der Waals surface area contributed by atoms with Gasteiger partial charge >= 0.3 is 0 Å². The van der Waals surface area contributed by atoms with Crippen molar-refractivity contribution in [1.82, 2.24) is 5.32 Å². The first-order chi connectivity index (χ1) is 7.19. The fourth-order valence-corrected chi connectivity index (χ4v) is 2.64. The maximum absolute atomic E-state index is 8.56. The molecule has 84 valence electrons. The summed E-state index contributed by atoms with van der Waals surface area (Å²) in [5, 5.41) is 16.8. The summed E-state index contributed by atoms with van der Waals surface area (Å²) in [5.41, 5.74) is 5.53. The predicted molar refractivity (Wildman–Crippen MR) is 66.3 cm³/mol. The van der Waals surface area contributed by atoms with Crippen LogP contribution in [0.15, 0.2) is 21.1 Å². The zero-order valence-corrected chi connectivity index (χ0v) is 10.8. The molecule has 0 fully saturated rings. The van der Waals surface area contributed by atoms with E-state index in [0.717, 1.165) is 10.9 Å². The molecule has 0 spiro atoms. The molecule has 0 aliphatic heterocycles. The second kappa shape index (κ2) is 6.09. The highest BCUT2D eigenvalue weighted by molar-refractivity contribution is 9.10. The Morgan fingerprint density at radius 3 is 3.00 bits per heavy atom. The van der Waals surface area contributed by atoms with E-state index in [0.29, 0.717) is 6.54 Å². The van der Waals surface area contributed by atoms with Crippen molar-refractivity contribution < 1.29 is 5.21 Å². The van der Waals surface area contributed by atoms with Crippen molar-refractivity contribution in [2.24, 2.45) is 10.9 Å². The normalized spacial score (nSPS) is 14.1. The van der Waals surface area contributed by atoms with E-state index in [4.69, 9.17) is 10.9 Å². The van der Waals surface area contributed by atoms with Gasteiger partial charge in [-0.2, -0.15) is 0 Å². The first-order valence-electron chi connectivity index (χ1n) is 4.61. The molecule has 1 unspecified atom stereocenters. The first kappa shape index (κ1) is 12.5. The van der Waals surface area contributed by atoms with Crippen LogP contribution >= 0.6 is 27.3 Å². The molecule has 4 N–H and O–H groups in total. The van der Waals surface area contributed by atoms with Gasteiger partial charge in [0.1, 0.15) is 0 Å². The highest BCUT2D eigenvalue weighted by Gasteiger charge is 2.11. The van der Waals surface area contributed by atoms with Crippen molar-refractivity contribution in [3.05, 3.63) is 20.8 Å². The van der Waals surface area contributed by atoms with Crippen molar-refractivity contribution in [3.8, 4) is 0 Å². The molecule has 0 saturated heterocycles. The Hall–Kier alpha value is -0.590. The predicted octanol–water partition coefficient (Wildman–Crippen LogP) is 2.13. The number of halogens is 1. The highest BCUT2D eigenvalue weighted by Crippen LogP contribution is 2.22. The van der Waals surface area contributed by atoms with Gasteiger partial charge in [0.2, 0.25) is 0 Å². The standard InChI is InChI=1S/C9H14BrN3OS/c1-2-7(9(11)13-14)12-5-8-6(10)3-4-15-8/h3-4,7,12,14H,2,5H2,1H3,(H2,11,13). The monoisotopic (exact) mass is 291 g/mol. The third kappa shape index (κ3) is 3.48. The van der Waals surface area contributed by atoms with Gasteiger partial charge in [0.05, 0.1) is 6.04 Å². The van der Waals surface area contributed by atoms with E-state index in [1.54, 1.807) is 11.3 Å². The van der Waals surface area contributed by atoms with Crippen molar-refractivity contribution in [3.63, 3.8) is 0 Å². The maximum Gasteiger partial charge on any atom is 0.156 e. The minimum Gasteiger partial charge on any atom is -0.409 e. The molecule has 4 nitrogen and oxygen atoms in total. The molecular weight excluding hydrogens is 278 g/mol. The highest BCUT2D eigenvalue weighted by atomic mass is 79.9. The molecule has 1 atom stereocenters. The number of rotatable bonds is 5. The number of nitrogens with one attached hydrogen (secondary N) is 1. The zero-order valence-electron chi connectivity index (χ0n) is 8.40. The lowest BCUT2D eigenvalue weighted by atomic mass is 10.2. The van der Waals surface area contributed by atoms with Crippen LogP contribution in [0, 0.1) is 0 Å². The Labute approximate surface area is 101 Å². The molecule has 15 heavy (non-hydrogen) atoms. The SMILES string of the molecule is CCC(NCc1sccc1Br)C(N)=NO. The second-order valence-corrected chi connectivity index (χ2v) is 4.91. The van der Waals surface area contributed by atoms with Gasteiger partial charge < -0.3 is 16.3 Å². The van der Waals surface area contributed by atoms with E-state index >= 15 is 0 Å². The van der Waals surface area contributed by atoms with Gasteiger partial charge in [-0.25, -0.2) is 0 Å². The maximum atomic E-state index is 8.56. The van der Waals surface area contributed by atoms with Gasteiger partial charge in [-0.05, 0) is 33.8 Å². The average molecular weight is 292 g/mol. The smallest absolute Gasteiger partial charge is 0.156 e. The fraction of sp³-hybridized carbons (Fsp3) is 0.444. The molecule has 1 aromatic rings. The number of amidine groups is 1. The van der Waals surface area contributed by atoms with E-state index in [1.807, 2.05) is 18.4 Å². The summed E-state index contributed by atoms with van der Waals surface area (Å²) in [4.78, 5) is 1.21. The second-order valence-electron chi connectivity index (χ2n) is 3.06. The van der Waals surface area contributed by atoms with Crippen LogP contribution in [0.5, 0.6) is 0 Å². The number of hydrogen-bond acceptors (Lipinski definition) is 4. The number of hydrogen-bond donors (Lipinski definition) is 3. The van der Waals surface area contributed by atoms with Crippen LogP contribution < -0.4 is 11.1 Å². The minimum atomic E-state index is -0.0796. The lowest BCUT2D eigenvalue weighted by molar-refractivity contribution is 0.314. The van der Waals surface area contributed by atoms with Gasteiger partial charge in [-0.15, -0.1) is 11.3 Å². The van der Waals surface area contributed by atoms with Crippen molar-refractivity contribution in [1.29, 1.82) is 0 Å². The van der Waals surface area contributed by atoms with Gasteiger partial charge in [0.25, 0.3) is 0 Å².